The molecule has 0 spiro atoms. The molecule has 1 aromatic heterocycles. The fraction of sp³-hybridized carbons (Fsp3) is 0.0909. The number of phenols is 1. The first-order chi connectivity index (χ1) is 7.58. The SMILES string of the molecule is Cc1cc(O)ccc1-c1ncc(C(=O)O)[nH]1. The number of aryl methyl sites for hydroxylation is 1. The monoisotopic (exact) mass is 218 g/mol. The van der Waals surface area contributed by atoms with Crippen LogP contribution in [0.4, 0.5) is 0 Å². The second-order valence-corrected chi connectivity index (χ2v) is 3.45. The minimum Gasteiger partial charge on any atom is -0.508 e. The summed E-state index contributed by atoms with van der Waals surface area (Å²) in [5, 5.41) is 18.0. The molecule has 0 amide bonds. The Morgan fingerprint density at radius 2 is 2.19 bits per heavy atom. The number of carboxylic acid groups (broad SMARTS) is 1. The van der Waals surface area contributed by atoms with E-state index in [2.05, 4.69) is 9.97 Å². The molecule has 0 aliphatic heterocycles. The van der Waals surface area contributed by atoms with Gasteiger partial charge in [-0.25, -0.2) is 9.78 Å². The molecule has 5 heteroatoms. The van der Waals surface area contributed by atoms with Crippen molar-refractivity contribution in [2.45, 2.75) is 6.92 Å². The Morgan fingerprint density at radius 1 is 1.44 bits per heavy atom. The number of aromatic amines is 1. The van der Waals surface area contributed by atoms with E-state index in [1.54, 1.807) is 12.1 Å². The average Bonchev–Trinajstić information content (AvgIpc) is 2.66. The van der Waals surface area contributed by atoms with Gasteiger partial charge in [0.05, 0.1) is 6.20 Å². The van der Waals surface area contributed by atoms with Crippen molar-refractivity contribution in [3.05, 3.63) is 35.7 Å². The van der Waals surface area contributed by atoms with Crippen molar-refractivity contribution in [2.24, 2.45) is 0 Å². The zero-order chi connectivity index (χ0) is 11.7. The summed E-state index contributed by atoms with van der Waals surface area (Å²) in [6.45, 7) is 1.82. The van der Waals surface area contributed by atoms with Crippen LogP contribution in [0.2, 0.25) is 0 Å². The van der Waals surface area contributed by atoms with E-state index in [1.807, 2.05) is 6.92 Å². The second-order valence-electron chi connectivity index (χ2n) is 3.45. The lowest BCUT2D eigenvalue weighted by Gasteiger charge is -2.02. The molecule has 0 saturated heterocycles. The van der Waals surface area contributed by atoms with Crippen molar-refractivity contribution < 1.29 is 15.0 Å². The summed E-state index contributed by atoms with van der Waals surface area (Å²) in [6.07, 6.45) is 1.27. The molecule has 0 atom stereocenters. The fourth-order valence-electron chi connectivity index (χ4n) is 1.48. The predicted molar refractivity (Wildman–Crippen MR) is 57.4 cm³/mol. The summed E-state index contributed by atoms with van der Waals surface area (Å²) in [4.78, 5) is 17.4. The number of phenolic OH excluding ortho intramolecular Hbond substituents is 1. The predicted octanol–water partition coefficient (Wildman–Crippen LogP) is 1.79. The molecule has 2 rings (SSSR count). The number of rotatable bonds is 2. The number of aromatic carboxylic acids is 1. The Bertz CT molecular complexity index is 546. The number of benzene rings is 1. The number of hydrogen-bond donors (Lipinski definition) is 3. The van der Waals surface area contributed by atoms with Crippen LogP contribution in [-0.4, -0.2) is 26.2 Å². The largest absolute Gasteiger partial charge is 0.508 e. The average molecular weight is 218 g/mol. The second kappa shape index (κ2) is 3.69. The Hall–Kier alpha value is -2.30. The molecule has 0 bridgehead atoms. The van der Waals surface area contributed by atoms with Gasteiger partial charge in [-0.05, 0) is 30.7 Å². The Kier molecular flexibility index (Phi) is 2.36. The van der Waals surface area contributed by atoms with E-state index in [0.29, 0.717) is 5.82 Å². The van der Waals surface area contributed by atoms with E-state index < -0.39 is 5.97 Å². The van der Waals surface area contributed by atoms with E-state index in [1.165, 1.54) is 12.3 Å². The highest BCUT2D eigenvalue weighted by Crippen LogP contribution is 2.23. The topological polar surface area (TPSA) is 86.2 Å². The van der Waals surface area contributed by atoms with E-state index in [-0.39, 0.29) is 11.4 Å². The van der Waals surface area contributed by atoms with Crippen molar-refractivity contribution in [3.8, 4) is 17.1 Å². The van der Waals surface area contributed by atoms with Crippen molar-refractivity contribution in [1.29, 1.82) is 0 Å². The molecule has 0 aliphatic rings. The zero-order valence-corrected chi connectivity index (χ0v) is 8.56. The van der Waals surface area contributed by atoms with Crippen LogP contribution in [0.1, 0.15) is 16.1 Å². The maximum Gasteiger partial charge on any atom is 0.353 e. The number of nitrogens with one attached hydrogen (secondary N) is 1. The minimum absolute atomic E-state index is 0.0440. The van der Waals surface area contributed by atoms with Crippen LogP contribution < -0.4 is 0 Å². The number of H-pyrrole nitrogens is 1. The van der Waals surface area contributed by atoms with Crippen molar-refractivity contribution in [2.75, 3.05) is 0 Å². The highest BCUT2D eigenvalue weighted by Gasteiger charge is 2.10. The van der Waals surface area contributed by atoms with E-state index in [4.69, 9.17) is 5.11 Å². The van der Waals surface area contributed by atoms with Crippen LogP contribution in [0.15, 0.2) is 24.4 Å². The number of hydrogen-bond acceptors (Lipinski definition) is 3. The van der Waals surface area contributed by atoms with E-state index in [9.17, 15) is 9.90 Å². The zero-order valence-electron chi connectivity index (χ0n) is 8.56. The first-order valence-electron chi connectivity index (χ1n) is 4.66. The maximum absolute atomic E-state index is 10.7. The molecule has 3 N–H and O–H groups in total. The van der Waals surface area contributed by atoms with Crippen LogP contribution in [0.25, 0.3) is 11.4 Å². The first kappa shape index (κ1) is 10.2. The summed E-state index contributed by atoms with van der Waals surface area (Å²) in [5.74, 6) is -0.392. The van der Waals surface area contributed by atoms with Gasteiger partial charge < -0.3 is 15.2 Å². The Morgan fingerprint density at radius 3 is 2.75 bits per heavy atom. The molecule has 1 aromatic carbocycles. The summed E-state index contributed by atoms with van der Waals surface area (Å²) < 4.78 is 0. The summed E-state index contributed by atoms with van der Waals surface area (Å²) >= 11 is 0. The molecule has 0 unspecified atom stereocenters. The smallest absolute Gasteiger partial charge is 0.353 e. The van der Waals surface area contributed by atoms with Crippen molar-refractivity contribution in [3.63, 3.8) is 0 Å². The normalized spacial score (nSPS) is 10.3. The summed E-state index contributed by atoms with van der Waals surface area (Å²) in [7, 11) is 0. The highest BCUT2D eigenvalue weighted by atomic mass is 16.4. The molecular formula is C11H10N2O3. The van der Waals surface area contributed by atoms with Gasteiger partial charge in [-0.15, -0.1) is 0 Å². The third-order valence-electron chi connectivity index (χ3n) is 2.27. The van der Waals surface area contributed by atoms with E-state index in [0.717, 1.165) is 11.1 Å². The third-order valence-corrected chi connectivity index (χ3v) is 2.27. The van der Waals surface area contributed by atoms with Crippen LogP contribution in [-0.2, 0) is 0 Å². The Labute approximate surface area is 91.4 Å². The van der Waals surface area contributed by atoms with Crippen molar-refractivity contribution >= 4 is 5.97 Å². The van der Waals surface area contributed by atoms with Crippen LogP contribution in [0, 0.1) is 6.92 Å². The third kappa shape index (κ3) is 1.75. The fourth-order valence-corrected chi connectivity index (χ4v) is 1.48. The molecule has 0 aliphatic carbocycles. The molecule has 16 heavy (non-hydrogen) atoms. The minimum atomic E-state index is -1.05. The maximum atomic E-state index is 10.7. The molecule has 82 valence electrons. The highest BCUT2D eigenvalue weighted by molar-refractivity contribution is 5.86. The number of imidazole rings is 1. The quantitative estimate of drug-likeness (QED) is 0.717. The van der Waals surface area contributed by atoms with Gasteiger partial charge in [0.2, 0.25) is 0 Å². The summed E-state index contributed by atoms with van der Waals surface area (Å²) in [5.41, 5.74) is 1.64. The number of aromatic nitrogens is 2. The lowest BCUT2D eigenvalue weighted by molar-refractivity contribution is 0.0691. The standard InChI is InChI=1S/C11H10N2O3/c1-6-4-7(14)2-3-8(6)10-12-5-9(13-10)11(15)16/h2-5,14H,1H3,(H,12,13)(H,15,16). The van der Waals surface area contributed by atoms with Gasteiger partial charge in [0.25, 0.3) is 0 Å². The van der Waals surface area contributed by atoms with Gasteiger partial charge in [-0.3, -0.25) is 0 Å². The van der Waals surface area contributed by atoms with Gasteiger partial charge in [0, 0.05) is 5.56 Å². The lowest BCUT2D eigenvalue weighted by Crippen LogP contribution is -1.95. The van der Waals surface area contributed by atoms with Crippen LogP contribution in [0.3, 0.4) is 0 Å². The molecule has 5 nitrogen and oxygen atoms in total. The molecule has 0 saturated carbocycles. The van der Waals surface area contributed by atoms with Gasteiger partial charge in [-0.2, -0.15) is 0 Å². The van der Waals surface area contributed by atoms with Gasteiger partial charge in [0.15, 0.2) is 0 Å². The number of nitrogens with zero attached hydrogens (tertiary/aromatic N) is 1. The molecule has 2 aromatic rings. The number of aromatic hydroxyl groups is 1. The molecule has 0 fully saturated rings. The Balaban J connectivity index is 2.46. The van der Waals surface area contributed by atoms with Crippen LogP contribution in [0.5, 0.6) is 5.75 Å². The van der Waals surface area contributed by atoms with Gasteiger partial charge in [-0.1, -0.05) is 0 Å². The molecular weight excluding hydrogens is 208 g/mol. The van der Waals surface area contributed by atoms with Gasteiger partial charge >= 0.3 is 5.97 Å². The molecule has 0 radical (unpaired) electrons. The lowest BCUT2D eigenvalue weighted by atomic mass is 10.1. The van der Waals surface area contributed by atoms with Crippen molar-refractivity contribution in [1.82, 2.24) is 9.97 Å². The van der Waals surface area contributed by atoms with Crippen LogP contribution >= 0.6 is 0 Å². The number of carbonyl (C=O) groups is 1. The number of carboxylic acids is 1. The molecule has 1 heterocycles. The van der Waals surface area contributed by atoms with Gasteiger partial charge in [0.1, 0.15) is 17.3 Å². The van der Waals surface area contributed by atoms with E-state index >= 15 is 0 Å². The first-order valence-corrected chi connectivity index (χ1v) is 4.66. The summed E-state index contributed by atoms with van der Waals surface area (Å²) in [6, 6.07) is 4.82.